The van der Waals surface area contributed by atoms with Gasteiger partial charge < -0.3 is 9.15 Å². The Morgan fingerprint density at radius 3 is 2.48 bits per heavy atom. The number of nitro groups is 1. The smallest absolute Gasteiger partial charge is 0.336 e. The molecule has 3 aromatic carbocycles. The molecule has 0 N–H and O–H groups in total. The van der Waals surface area contributed by atoms with Gasteiger partial charge >= 0.3 is 5.97 Å². The number of nitrogens with zero attached hydrogens (tertiary/aromatic N) is 1. The summed E-state index contributed by atoms with van der Waals surface area (Å²) in [4.78, 5) is 22.2. The predicted molar refractivity (Wildman–Crippen MR) is 101 cm³/mol. The fourth-order valence-corrected chi connectivity index (χ4v) is 2.79. The number of esters is 1. The van der Waals surface area contributed by atoms with Crippen molar-refractivity contribution in [1.29, 1.82) is 0 Å². The number of carbonyl (C=O) groups is 1. The average Bonchev–Trinajstić information content (AvgIpc) is 3.05. The molecule has 0 atom stereocenters. The van der Waals surface area contributed by atoms with Crippen molar-refractivity contribution < 1.29 is 18.9 Å². The second-order valence-corrected chi connectivity index (χ2v) is 5.86. The van der Waals surface area contributed by atoms with Crippen molar-refractivity contribution in [3.63, 3.8) is 0 Å². The van der Waals surface area contributed by atoms with Gasteiger partial charge in [0.25, 0.3) is 5.69 Å². The quantitative estimate of drug-likeness (QED) is 0.166. The lowest BCUT2D eigenvalue weighted by Crippen LogP contribution is -2.03. The number of hydrogen-bond acceptors (Lipinski definition) is 5. The van der Waals surface area contributed by atoms with Crippen molar-refractivity contribution in [3.8, 4) is 5.75 Å². The zero-order valence-corrected chi connectivity index (χ0v) is 14.0. The van der Waals surface area contributed by atoms with E-state index in [1.807, 2.05) is 24.3 Å². The Labute approximate surface area is 153 Å². The number of furan rings is 1. The largest absolute Gasteiger partial charge is 0.456 e. The minimum Gasteiger partial charge on any atom is -0.456 e. The van der Waals surface area contributed by atoms with Crippen molar-refractivity contribution in [3.05, 3.63) is 88.5 Å². The maximum absolute atomic E-state index is 12.1. The number of nitro benzene ring substituents is 1. The number of para-hydroxylation sites is 1. The first-order chi connectivity index (χ1) is 13.1. The monoisotopic (exact) mass is 359 g/mol. The molecule has 0 aliphatic carbocycles. The van der Waals surface area contributed by atoms with E-state index >= 15 is 0 Å². The molecule has 0 spiro atoms. The molecular weight excluding hydrogens is 346 g/mol. The van der Waals surface area contributed by atoms with E-state index < -0.39 is 10.9 Å². The van der Waals surface area contributed by atoms with Gasteiger partial charge in [-0.05, 0) is 48.0 Å². The molecule has 27 heavy (non-hydrogen) atoms. The molecular formula is C21H13NO5. The highest BCUT2D eigenvalue weighted by molar-refractivity contribution is 6.05. The number of benzene rings is 3. The Kier molecular flexibility index (Phi) is 4.14. The van der Waals surface area contributed by atoms with Crippen LogP contribution in [0.2, 0.25) is 0 Å². The van der Waals surface area contributed by atoms with E-state index in [4.69, 9.17) is 9.15 Å². The van der Waals surface area contributed by atoms with Gasteiger partial charge in [0.2, 0.25) is 0 Å². The van der Waals surface area contributed by atoms with Gasteiger partial charge in [0.1, 0.15) is 16.9 Å². The Morgan fingerprint density at radius 2 is 1.70 bits per heavy atom. The second-order valence-electron chi connectivity index (χ2n) is 5.86. The van der Waals surface area contributed by atoms with Crippen molar-refractivity contribution >= 4 is 39.7 Å². The zero-order chi connectivity index (χ0) is 18.8. The van der Waals surface area contributed by atoms with Crippen LogP contribution in [0, 0.1) is 10.1 Å². The molecule has 0 bridgehead atoms. The van der Waals surface area contributed by atoms with E-state index in [-0.39, 0.29) is 5.69 Å². The number of fused-ring (bicyclic) bond motifs is 3. The number of ether oxygens (including phenoxy) is 1. The minimum atomic E-state index is -0.541. The van der Waals surface area contributed by atoms with Crippen molar-refractivity contribution in [2.75, 3.05) is 0 Å². The lowest BCUT2D eigenvalue weighted by molar-refractivity contribution is -0.384. The van der Waals surface area contributed by atoms with E-state index in [0.717, 1.165) is 21.9 Å². The predicted octanol–water partition coefficient (Wildman–Crippen LogP) is 5.11. The molecule has 0 saturated carbocycles. The molecule has 0 unspecified atom stereocenters. The van der Waals surface area contributed by atoms with Crippen molar-refractivity contribution in [1.82, 2.24) is 0 Å². The summed E-state index contributed by atoms with van der Waals surface area (Å²) in [5, 5.41) is 12.5. The number of hydrogen-bond donors (Lipinski definition) is 0. The molecule has 132 valence electrons. The third-order valence-corrected chi connectivity index (χ3v) is 4.08. The minimum absolute atomic E-state index is 0.00429. The van der Waals surface area contributed by atoms with Gasteiger partial charge in [0, 0.05) is 29.0 Å². The van der Waals surface area contributed by atoms with Crippen LogP contribution in [0.5, 0.6) is 5.75 Å². The van der Waals surface area contributed by atoms with Crippen molar-refractivity contribution in [2.24, 2.45) is 0 Å². The Balaban J connectivity index is 1.52. The summed E-state index contributed by atoms with van der Waals surface area (Å²) in [6.45, 7) is 0. The normalized spacial score (nSPS) is 11.3. The maximum Gasteiger partial charge on any atom is 0.336 e. The van der Waals surface area contributed by atoms with Crippen LogP contribution in [-0.4, -0.2) is 10.9 Å². The number of carbonyl (C=O) groups excluding carboxylic acids is 1. The van der Waals surface area contributed by atoms with Crippen LogP contribution in [0.25, 0.3) is 28.0 Å². The third-order valence-electron chi connectivity index (χ3n) is 4.08. The highest BCUT2D eigenvalue weighted by Gasteiger charge is 2.09. The average molecular weight is 359 g/mol. The summed E-state index contributed by atoms with van der Waals surface area (Å²) < 4.78 is 11.1. The third kappa shape index (κ3) is 3.41. The molecule has 4 aromatic rings. The number of rotatable bonds is 4. The molecule has 6 nitrogen and oxygen atoms in total. The van der Waals surface area contributed by atoms with E-state index in [9.17, 15) is 14.9 Å². The summed E-state index contributed by atoms with van der Waals surface area (Å²) in [6, 6.07) is 18.7. The van der Waals surface area contributed by atoms with E-state index in [2.05, 4.69) is 0 Å². The van der Waals surface area contributed by atoms with Crippen LogP contribution < -0.4 is 4.74 Å². The van der Waals surface area contributed by atoms with Gasteiger partial charge in [0.05, 0.1) is 4.92 Å². The van der Waals surface area contributed by atoms with Gasteiger partial charge in [-0.15, -0.1) is 0 Å². The second kappa shape index (κ2) is 6.76. The van der Waals surface area contributed by atoms with Gasteiger partial charge in [-0.2, -0.15) is 0 Å². The maximum atomic E-state index is 12.1. The van der Waals surface area contributed by atoms with Crippen LogP contribution in [-0.2, 0) is 4.79 Å². The molecule has 1 heterocycles. The van der Waals surface area contributed by atoms with Gasteiger partial charge in [0.15, 0.2) is 0 Å². The fourth-order valence-electron chi connectivity index (χ4n) is 2.79. The summed E-state index contributed by atoms with van der Waals surface area (Å²) in [5.74, 6) is -0.132. The lowest BCUT2D eigenvalue weighted by atomic mass is 10.1. The first kappa shape index (κ1) is 16.5. The van der Waals surface area contributed by atoms with Crippen LogP contribution in [0.4, 0.5) is 5.69 Å². The van der Waals surface area contributed by atoms with Crippen LogP contribution >= 0.6 is 0 Å². The van der Waals surface area contributed by atoms with E-state index in [1.54, 1.807) is 30.3 Å². The molecule has 0 saturated heterocycles. The molecule has 0 aliphatic rings. The molecule has 0 amide bonds. The first-order valence-electron chi connectivity index (χ1n) is 8.16. The fraction of sp³-hybridized carbons (Fsp3) is 0. The van der Waals surface area contributed by atoms with E-state index in [1.165, 1.54) is 24.3 Å². The molecule has 4 rings (SSSR count). The lowest BCUT2D eigenvalue weighted by Gasteiger charge is -2.01. The topological polar surface area (TPSA) is 82.6 Å². The zero-order valence-electron chi connectivity index (χ0n) is 14.0. The van der Waals surface area contributed by atoms with Crippen LogP contribution in [0.3, 0.4) is 0 Å². The number of non-ortho nitro benzene ring substituents is 1. The molecule has 0 radical (unpaired) electrons. The Hall–Kier alpha value is -3.93. The van der Waals surface area contributed by atoms with E-state index in [0.29, 0.717) is 11.3 Å². The standard InChI is InChI=1S/C21H13NO5/c23-21(12-7-14-5-8-15(9-6-14)22(24)25)26-16-10-11-20-18(13-16)17-3-1-2-4-19(17)27-20/h1-13H. The Morgan fingerprint density at radius 1 is 0.963 bits per heavy atom. The summed E-state index contributed by atoms with van der Waals surface area (Å²) in [5.41, 5.74) is 2.15. The van der Waals surface area contributed by atoms with Crippen LogP contribution in [0.15, 0.2) is 77.2 Å². The Bertz CT molecular complexity index is 1190. The molecule has 0 fully saturated rings. The van der Waals surface area contributed by atoms with Crippen molar-refractivity contribution in [2.45, 2.75) is 0 Å². The molecule has 0 aliphatic heterocycles. The highest BCUT2D eigenvalue weighted by atomic mass is 16.6. The summed E-state index contributed by atoms with van der Waals surface area (Å²) in [6.07, 6.45) is 2.82. The van der Waals surface area contributed by atoms with Crippen LogP contribution in [0.1, 0.15) is 5.56 Å². The summed E-state index contributed by atoms with van der Waals surface area (Å²) in [7, 11) is 0. The molecule has 1 aromatic heterocycles. The SMILES string of the molecule is O=C(C=Cc1ccc([N+](=O)[O-])cc1)Oc1ccc2oc3ccccc3c2c1. The highest BCUT2D eigenvalue weighted by Crippen LogP contribution is 2.31. The molecule has 6 heteroatoms. The van der Waals surface area contributed by atoms with Gasteiger partial charge in [-0.1, -0.05) is 18.2 Å². The van der Waals surface area contributed by atoms with Gasteiger partial charge in [-0.3, -0.25) is 10.1 Å². The summed E-state index contributed by atoms with van der Waals surface area (Å²) >= 11 is 0. The first-order valence-corrected chi connectivity index (χ1v) is 8.16. The van der Waals surface area contributed by atoms with Gasteiger partial charge in [-0.25, -0.2) is 4.79 Å².